The third kappa shape index (κ3) is 2.32. The van der Waals surface area contributed by atoms with Crippen molar-refractivity contribution in [3.63, 3.8) is 0 Å². The Balaban J connectivity index is 2.31. The van der Waals surface area contributed by atoms with Crippen LogP contribution in [0.5, 0.6) is 0 Å². The van der Waals surface area contributed by atoms with Crippen molar-refractivity contribution in [3.05, 3.63) is 34.9 Å². The molecule has 17 heavy (non-hydrogen) atoms. The molecule has 0 radical (unpaired) electrons. The summed E-state index contributed by atoms with van der Waals surface area (Å²) in [4.78, 5) is 14.5. The summed E-state index contributed by atoms with van der Waals surface area (Å²) in [5, 5.41) is 0. The van der Waals surface area contributed by atoms with Gasteiger partial charge in [0.2, 0.25) is 0 Å². The Bertz CT molecular complexity index is 410. The van der Waals surface area contributed by atoms with Crippen LogP contribution < -0.4 is 0 Å². The summed E-state index contributed by atoms with van der Waals surface area (Å²) >= 11 is 5.92. The molecule has 0 aromatic heterocycles. The molecule has 0 spiro atoms. The van der Waals surface area contributed by atoms with Gasteiger partial charge in [0, 0.05) is 24.0 Å². The molecule has 0 bridgehead atoms. The first-order chi connectivity index (χ1) is 8.15. The second-order valence-corrected chi connectivity index (χ2v) is 5.02. The number of rotatable bonds is 2. The lowest BCUT2D eigenvalue weighted by molar-refractivity contribution is 0.0747. The van der Waals surface area contributed by atoms with Crippen LogP contribution in [0.1, 0.15) is 34.3 Å². The van der Waals surface area contributed by atoms with Crippen LogP contribution >= 0.6 is 11.6 Å². The van der Waals surface area contributed by atoms with E-state index in [1.54, 1.807) is 0 Å². The summed E-state index contributed by atoms with van der Waals surface area (Å²) in [5.41, 5.74) is 2.95. The van der Waals surface area contributed by atoms with Crippen molar-refractivity contribution >= 4 is 17.5 Å². The highest BCUT2D eigenvalue weighted by Gasteiger charge is 2.29. The zero-order valence-corrected chi connectivity index (χ0v) is 11.1. The molecule has 1 amide bonds. The minimum absolute atomic E-state index is 0.142. The van der Waals surface area contributed by atoms with E-state index in [1.165, 1.54) is 0 Å². The molecule has 1 aromatic rings. The predicted octanol–water partition coefficient (Wildman–Crippen LogP) is 3.15. The number of carbonyl (C=O) groups excluding carboxylic acids is 1. The lowest BCUT2D eigenvalue weighted by Crippen LogP contribution is -2.37. The van der Waals surface area contributed by atoms with Crippen LogP contribution in [0.3, 0.4) is 0 Å². The van der Waals surface area contributed by atoms with Gasteiger partial charge in [-0.05, 0) is 37.8 Å². The number of aryl methyl sites for hydroxylation is 2. The maximum Gasteiger partial charge on any atom is 0.254 e. The number of hydrogen-bond donors (Lipinski definition) is 0. The molecule has 1 saturated heterocycles. The summed E-state index contributed by atoms with van der Waals surface area (Å²) in [7, 11) is 0. The van der Waals surface area contributed by atoms with E-state index < -0.39 is 0 Å². The predicted molar refractivity (Wildman–Crippen MR) is 70.7 cm³/mol. The Labute approximate surface area is 108 Å². The fourth-order valence-corrected chi connectivity index (χ4v) is 2.88. The Hall–Kier alpha value is -1.02. The normalized spacial score (nSPS) is 19.7. The molecular weight excluding hydrogens is 234 g/mol. The number of amides is 1. The van der Waals surface area contributed by atoms with Crippen LogP contribution in [0.4, 0.5) is 0 Å². The largest absolute Gasteiger partial charge is 0.334 e. The first kappa shape index (κ1) is 12.4. The van der Waals surface area contributed by atoms with Crippen molar-refractivity contribution in [3.8, 4) is 0 Å². The molecule has 0 aliphatic carbocycles. The third-order valence-corrected chi connectivity index (χ3v) is 3.87. The number of halogens is 1. The Morgan fingerprint density at radius 2 is 2.06 bits per heavy atom. The molecule has 1 aromatic carbocycles. The Morgan fingerprint density at radius 1 is 1.41 bits per heavy atom. The molecule has 1 aliphatic heterocycles. The summed E-state index contributed by atoms with van der Waals surface area (Å²) in [6.07, 6.45) is 2.09. The highest BCUT2D eigenvalue weighted by Crippen LogP contribution is 2.23. The minimum atomic E-state index is 0.142. The quantitative estimate of drug-likeness (QED) is 0.740. The third-order valence-electron chi connectivity index (χ3n) is 3.51. The average molecular weight is 252 g/mol. The van der Waals surface area contributed by atoms with Crippen LogP contribution in [0.2, 0.25) is 0 Å². The lowest BCUT2D eigenvalue weighted by Gasteiger charge is -2.24. The maximum atomic E-state index is 12.5. The fraction of sp³-hybridized carbons (Fsp3) is 0.500. The smallest absolute Gasteiger partial charge is 0.254 e. The van der Waals surface area contributed by atoms with Crippen molar-refractivity contribution in [2.75, 3.05) is 12.4 Å². The van der Waals surface area contributed by atoms with Crippen molar-refractivity contribution < 1.29 is 4.79 Å². The first-order valence-corrected chi connectivity index (χ1v) is 6.61. The summed E-state index contributed by atoms with van der Waals surface area (Å²) in [6, 6.07) is 6.19. The van der Waals surface area contributed by atoms with E-state index in [-0.39, 0.29) is 11.9 Å². The van der Waals surface area contributed by atoms with E-state index in [9.17, 15) is 4.79 Å². The second kappa shape index (κ2) is 5.09. The SMILES string of the molecule is Cc1cccc(C)c1C(=O)N1CCCC1CCl. The van der Waals surface area contributed by atoms with Crippen LogP contribution in [0.25, 0.3) is 0 Å². The van der Waals surface area contributed by atoms with E-state index in [0.29, 0.717) is 5.88 Å². The Morgan fingerprint density at radius 3 is 2.65 bits per heavy atom. The lowest BCUT2D eigenvalue weighted by atomic mass is 10.0. The molecule has 1 aliphatic rings. The minimum Gasteiger partial charge on any atom is -0.334 e. The highest BCUT2D eigenvalue weighted by atomic mass is 35.5. The van der Waals surface area contributed by atoms with Gasteiger partial charge in [0.15, 0.2) is 0 Å². The fourth-order valence-electron chi connectivity index (χ4n) is 2.56. The standard InChI is InChI=1S/C14H18ClNO/c1-10-5-3-6-11(2)13(10)14(17)16-8-4-7-12(16)9-15/h3,5-6,12H,4,7-9H2,1-2H3. The van der Waals surface area contributed by atoms with Crippen molar-refractivity contribution in [2.45, 2.75) is 32.7 Å². The molecule has 1 unspecified atom stereocenters. The summed E-state index contributed by atoms with van der Waals surface area (Å²) in [6.45, 7) is 4.82. The second-order valence-electron chi connectivity index (χ2n) is 4.72. The van der Waals surface area contributed by atoms with Gasteiger partial charge < -0.3 is 4.90 Å². The zero-order valence-electron chi connectivity index (χ0n) is 10.4. The summed E-state index contributed by atoms with van der Waals surface area (Å²) in [5.74, 6) is 0.681. The molecular formula is C14H18ClNO. The van der Waals surface area contributed by atoms with E-state index in [1.807, 2.05) is 36.9 Å². The van der Waals surface area contributed by atoms with Crippen LogP contribution in [0.15, 0.2) is 18.2 Å². The van der Waals surface area contributed by atoms with Gasteiger partial charge in [-0.3, -0.25) is 4.79 Å². The monoisotopic (exact) mass is 251 g/mol. The van der Waals surface area contributed by atoms with Crippen molar-refractivity contribution in [2.24, 2.45) is 0 Å². The van der Waals surface area contributed by atoms with Gasteiger partial charge >= 0.3 is 0 Å². The van der Waals surface area contributed by atoms with Crippen molar-refractivity contribution in [1.29, 1.82) is 0 Å². The molecule has 2 nitrogen and oxygen atoms in total. The van der Waals surface area contributed by atoms with Gasteiger partial charge in [0.25, 0.3) is 5.91 Å². The van der Waals surface area contributed by atoms with Crippen LogP contribution in [-0.2, 0) is 0 Å². The number of benzene rings is 1. The number of alkyl halides is 1. The van der Waals surface area contributed by atoms with E-state index in [4.69, 9.17) is 11.6 Å². The molecule has 2 rings (SSSR count). The number of hydrogen-bond acceptors (Lipinski definition) is 1. The first-order valence-electron chi connectivity index (χ1n) is 6.08. The Kier molecular flexibility index (Phi) is 3.72. The summed E-state index contributed by atoms with van der Waals surface area (Å²) < 4.78 is 0. The molecule has 0 N–H and O–H groups in total. The van der Waals surface area contributed by atoms with Gasteiger partial charge in [-0.25, -0.2) is 0 Å². The van der Waals surface area contributed by atoms with E-state index in [2.05, 4.69) is 0 Å². The molecule has 3 heteroatoms. The van der Waals surface area contributed by atoms with Crippen molar-refractivity contribution in [1.82, 2.24) is 4.90 Å². The van der Waals surface area contributed by atoms with Crippen LogP contribution in [-0.4, -0.2) is 29.3 Å². The molecule has 1 heterocycles. The topological polar surface area (TPSA) is 20.3 Å². The van der Waals surface area contributed by atoms with E-state index >= 15 is 0 Å². The van der Waals surface area contributed by atoms with Gasteiger partial charge in [0.1, 0.15) is 0 Å². The maximum absolute atomic E-state index is 12.5. The molecule has 92 valence electrons. The average Bonchev–Trinajstić information content (AvgIpc) is 2.76. The highest BCUT2D eigenvalue weighted by molar-refractivity contribution is 6.18. The van der Waals surface area contributed by atoms with Gasteiger partial charge in [0.05, 0.1) is 0 Å². The number of likely N-dealkylation sites (tertiary alicyclic amines) is 1. The molecule has 0 saturated carbocycles. The van der Waals surface area contributed by atoms with Gasteiger partial charge in [-0.1, -0.05) is 18.2 Å². The van der Waals surface area contributed by atoms with Gasteiger partial charge in [-0.15, -0.1) is 11.6 Å². The number of nitrogens with zero attached hydrogens (tertiary/aromatic N) is 1. The van der Waals surface area contributed by atoms with Gasteiger partial charge in [-0.2, -0.15) is 0 Å². The number of carbonyl (C=O) groups is 1. The van der Waals surface area contributed by atoms with Crippen LogP contribution in [0, 0.1) is 13.8 Å². The van der Waals surface area contributed by atoms with E-state index in [0.717, 1.165) is 36.1 Å². The molecule has 1 fully saturated rings. The zero-order chi connectivity index (χ0) is 12.4. The molecule has 1 atom stereocenters.